The van der Waals surface area contributed by atoms with Crippen molar-refractivity contribution in [3.8, 4) is 0 Å². The second-order valence-electron chi connectivity index (χ2n) is 20.0. The number of rotatable bonds is 6. The van der Waals surface area contributed by atoms with E-state index in [0.717, 1.165) is 57.8 Å². The van der Waals surface area contributed by atoms with Crippen LogP contribution >= 0.6 is 0 Å². The topological polar surface area (TPSA) is 216 Å². The largest absolute Gasteiger partial charge is 0.432 e. The summed E-state index contributed by atoms with van der Waals surface area (Å²) in [5, 5.41) is 84.0. The molecule has 13 nitrogen and oxygen atoms in total. The van der Waals surface area contributed by atoms with Crippen molar-refractivity contribution in [2.75, 3.05) is 13.2 Å². The first kappa shape index (κ1) is 40.9. The fraction of sp³-hybridized carbons (Fsp3) is 0.927. The molecular formula is C41H66O13. The van der Waals surface area contributed by atoms with Gasteiger partial charge >= 0.3 is 5.97 Å². The summed E-state index contributed by atoms with van der Waals surface area (Å²) in [6, 6.07) is 0. The fourth-order valence-corrected chi connectivity index (χ4v) is 13.2. The molecule has 0 bridgehead atoms. The SMILES string of the molecule is CC1(C)CCC2(C(=O)OC3OC(COC4OC(CO)C(O)C(O)C4O)C(O)C(O)C3O)CCC3=C(CCC4C3CCC3C(C)(C)C(O)CCC43C)C2(C)C1. The van der Waals surface area contributed by atoms with E-state index in [1.807, 2.05) is 0 Å². The number of aliphatic hydroxyl groups excluding tert-OH is 8. The highest BCUT2D eigenvalue weighted by molar-refractivity contribution is 5.80. The predicted molar refractivity (Wildman–Crippen MR) is 193 cm³/mol. The van der Waals surface area contributed by atoms with Crippen LogP contribution in [0, 0.1) is 44.8 Å². The maximum atomic E-state index is 14.8. The number of allylic oxidation sites excluding steroid dienone is 2. The zero-order valence-corrected chi connectivity index (χ0v) is 32.9. The van der Waals surface area contributed by atoms with Gasteiger partial charge in [-0.1, -0.05) is 52.7 Å². The number of carbonyl (C=O) groups is 1. The number of fused-ring (bicyclic) bond motifs is 6. The van der Waals surface area contributed by atoms with Gasteiger partial charge in [0.1, 0.15) is 48.8 Å². The molecule has 0 amide bonds. The molecule has 0 spiro atoms. The van der Waals surface area contributed by atoms with Gasteiger partial charge in [-0.15, -0.1) is 0 Å². The highest BCUT2D eigenvalue weighted by atomic mass is 16.7. The number of hydrogen-bond donors (Lipinski definition) is 8. The van der Waals surface area contributed by atoms with Gasteiger partial charge < -0.3 is 59.8 Å². The fourth-order valence-electron chi connectivity index (χ4n) is 13.2. The number of esters is 1. The lowest BCUT2D eigenvalue weighted by Gasteiger charge is -2.65. The summed E-state index contributed by atoms with van der Waals surface area (Å²) in [6.07, 6.45) is -6.49. The van der Waals surface area contributed by atoms with Crippen LogP contribution in [-0.4, -0.2) is 128 Å². The minimum atomic E-state index is -1.76. The molecule has 8 N–H and O–H groups in total. The molecule has 5 fully saturated rings. The molecule has 0 aromatic rings. The molecule has 2 saturated heterocycles. The molecule has 13 heteroatoms. The van der Waals surface area contributed by atoms with Crippen LogP contribution < -0.4 is 0 Å². The molecule has 308 valence electrons. The first-order valence-electron chi connectivity index (χ1n) is 20.5. The summed E-state index contributed by atoms with van der Waals surface area (Å²) >= 11 is 0. The van der Waals surface area contributed by atoms with Crippen LogP contribution in [0.4, 0.5) is 0 Å². The van der Waals surface area contributed by atoms with Gasteiger partial charge in [0.25, 0.3) is 0 Å². The summed E-state index contributed by atoms with van der Waals surface area (Å²) in [5.74, 6) is 0.944. The number of ether oxygens (including phenoxy) is 4. The Hall–Kier alpha value is -1.23. The second kappa shape index (κ2) is 14.2. The summed E-state index contributed by atoms with van der Waals surface area (Å²) in [7, 11) is 0. The van der Waals surface area contributed by atoms with E-state index in [9.17, 15) is 45.6 Å². The molecule has 5 aliphatic carbocycles. The van der Waals surface area contributed by atoms with Crippen LogP contribution in [-0.2, 0) is 23.7 Å². The number of aliphatic hydroxyl groups is 8. The maximum absolute atomic E-state index is 14.8. The predicted octanol–water partition coefficient (Wildman–Crippen LogP) is 2.07. The third-order valence-electron chi connectivity index (χ3n) is 16.3. The molecule has 0 aromatic carbocycles. The number of hydrogen-bond acceptors (Lipinski definition) is 13. The molecule has 7 aliphatic rings. The van der Waals surface area contributed by atoms with E-state index >= 15 is 0 Å². The summed E-state index contributed by atoms with van der Waals surface area (Å²) < 4.78 is 23.0. The number of carbonyl (C=O) groups excluding carboxylic acids is 1. The third kappa shape index (κ3) is 6.26. The Kier molecular flexibility index (Phi) is 10.8. The van der Waals surface area contributed by atoms with Crippen LogP contribution in [0.1, 0.15) is 112 Å². The van der Waals surface area contributed by atoms with E-state index in [0.29, 0.717) is 30.6 Å². The Morgan fingerprint density at radius 1 is 0.722 bits per heavy atom. The van der Waals surface area contributed by atoms with Gasteiger partial charge in [-0.2, -0.15) is 0 Å². The summed E-state index contributed by atoms with van der Waals surface area (Å²) in [6.45, 7) is 12.6. The molecule has 0 radical (unpaired) electrons. The Labute approximate surface area is 319 Å². The van der Waals surface area contributed by atoms with E-state index in [-0.39, 0.29) is 22.3 Å². The van der Waals surface area contributed by atoms with E-state index in [2.05, 4.69) is 41.5 Å². The standard InChI is InChI=1S/C41H66O13/c1-37(2)15-16-41(36(50)54-35-33(49)31(47)29(45)25(53-35)18-51-34-32(48)30(46)28(44)24(17-42)52-34)14-11-21-20-7-10-26-38(3,4)27(43)12-13-39(26,5)22(20)8-9-23(21)40(41,6)19-37/h20,22,24-35,42-49H,7-19H2,1-6H3. The van der Waals surface area contributed by atoms with Crippen molar-refractivity contribution in [3.63, 3.8) is 0 Å². The molecule has 7 rings (SSSR count). The van der Waals surface area contributed by atoms with E-state index in [4.69, 9.17) is 18.9 Å². The average molecular weight is 767 g/mol. The monoisotopic (exact) mass is 766 g/mol. The van der Waals surface area contributed by atoms with Crippen molar-refractivity contribution in [2.24, 2.45) is 44.8 Å². The lowest BCUT2D eigenvalue weighted by molar-refractivity contribution is -0.328. The summed E-state index contributed by atoms with van der Waals surface area (Å²) in [4.78, 5) is 14.8. The normalized spacial score (nSPS) is 51.3. The van der Waals surface area contributed by atoms with Crippen LogP contribution in [0.15, 0.2) is 11.1 Å². The molecule has 17 unspecified atom stereocenters. The van der Waals surface area contributed by atoms with Crippen LogP contribution in [0.3, 0.4) is 0 Å². The third-order valence-corrected chi connectivity index (χ3v) is 16.3. The van der Waals surface area contributed by atoms with Crippen LogP contribution in [0.2, 0.25) is 0 Å². The van der Waals surface area contributed by atoms with Crippen LogP contribution in [0.5, 0.6) is 0 Å². The van der Waals surface area contributed by atoms with Gasteiger partial charge in [-0.05, 0) is 105 Å². The van der Waals surface area contributed by atoms with Crippen molar-refractivity contribution in [1.82, 2.24) is 0 Å². The maximum Gasteiger partial charge on any atom is 0.315 e. The smallest absolute Gasteiger partial charge is 0.315 e. The van der Waals surface area contributed by atoms with Crippen molar-refractivity contribution >= 4 is 5.97 Å². The first-order chi connectivity index (χ1) is 25.2. The van der Waals surface area contributed by atoms with Gasteiger partial charge in [0.15, 0.2) is 6.29 Å². The molecule has 2 aliphatic heterocycles. The van der Waals surface area contributed by atoms with E-state index < -0.39 is 91.4 Å². The van der Waals surface area contributed by atoms with E-state index in [1.165, 1.54) is 11.1 Å². The average Bonchev–Trinajstić information content (AvgIpc) is 3.12. The minimum absolute atomic E-state index is 0.0218. The molecule has 0 aromatic heterocycles. The highest BCUT2D eigenvalue weighted by Crippen LogP contribution is 2.71. The Morgan fingerprint density at radius 3 is 2.06 bits per heavy atom. The zero-order valence-electron chi connectivity index (χ0n) is 32.9. The molecule has 3 saturated carbocycles. The molecule has 54 heavy (non-hydrogen) atoms. The molecular weight excluding hydrogens is 700 g/mol. The van der Waals surface area contributed by atoms with Crippen LogP contribution in [0.25, 0.3) is 0 Å². The first-order valence-corrected chi connectivity index (χ1v) is 20.5. The molecule has 17 atom stereocenters. The molecule has 2 heterocycles. The Balaban J connectivity index is 1.12. The van der Waals surface area contributed by atoms with Crippen molar-refractivity contribution in [1.29, 1.82) is 0 Å². The lowest BCUT2D eigenvalue weighted by atomic mass is 9.39. The Bertz CT molecular complexity index is 1450. The van der Waals surface area contributed by atoms with Gasteiger partial charge in [0, 0.05) is 5.41 Å². The summed E-state index contributed by atoms with van der Waals surface area (Å²) in [5.41, 5.74) is 1.52. The quantitative estimate of drug-likeness (QED) is 0.144. The van der Waals surface area contributed by atoms with Gasteiger partial charge in [0.2, 0.25) is 6.29 Å². The minimum Gasteiger partial charge on any atom is -0.432 e. The van der Waals surface area contributed by atoms with Gasteiger partial charge in [0.05, 0.1) is 24.7 Å². The van der Waals surface area contributed by atoms with Gasteiger partial charge in [-0.3, -0.25) is 4.79 Å². The Morgan fingerprint density at radius 2 is 1.37 bits per heavy atom. The lowest BCUT2D eigenvalue weighted by Crippen LogP contribution is -2.63. The van der Waals surface area contributed by atoms with Gasteiger partial charge in [-0.25, -0.2) is 0 Å². The van der Waals surface area contributed by atoms with E-state index in [1.54, 1.807) is 0 Å². The highest BCUT2D eigenvalue weighted by Gasteiger charge is 2.66. The second-order valence-corrected chi connectivity index (χ2v) is 20.0. The zero-order chi connectivity index (χ0) is 39.3. The van der Waals surface area contributed by atoms with Crippen molar-refractivity contribution in [3.05, 3.63) is 11.1 Å². The van der Waals surface area contributed by atoms with Crippen molar-refractivity contribution < 1.29 is 64.6 Å². The van der Waals surface area contributed by atoms with Crippen molar-refractivity contribution in [2.45, 2.75) is 180 Å².